The van der Waals surface area contributed by atoms with Crippen molar-refractivity contribution in [1.29, 1.82) is 21.0 Å². The van der Waals surface area contributed by atoms with Gasteiger partial charge in [0.05, 0.1) is 137 Å². The number of furan rings is 2. The molecule has 17 rings (SSSR count). The van der Waals surface area contributed by atoms with E-state index in [0.717, 1.165) is 115 Å². The third-order valence-corrected chi connectivity index (χ3v) is 20.2. The standard InChI is InChI=1S/C16H13N3O2.C15H12Cl2N2O2.C15H15N3O.C15H15N3.C14H13N3O/c17-7-11-3-1-4-12-13(9-21-15(11)12)16(20)5-2-6-19-10-18-8-14(16)19;16-9-4-10-11(7-21-14(10)12(17)5-9)15(20)2-1-3-19-8-18-6-13(15)19;1-19-15(13-5-3-12(9-16)4-6-13)7-2-8-18-11-17-10-14(15)18;1-11-6-7-18-10-17-9-14(18)15(11)13-4-2-12(8-16)3-5-13;15-8-11-2-4-12(5-3-11)14(18)6-1-7-17-10-16-9-13(14)17/h1,3-4,8-10,20H,2,5-6H2;4-8,20H,1-3H2;3-6,10-11H,2,7-8H2,1H3;2-5,9-11,15H,6-7H2,1H3;2-5,9-10,18H,1,6-7H2/t;;;11-,15+;/m...0./s1. The van der Waals surface area contributed by atoms with Gasteiger partial charge < -0.3 is 51.7 Å². The summed E-state index contributed by atoms with van der Waals surface area (Å²) in [5, 5.41) is 71.6. The molecule has 0 aliphatic carbocycles. The minimum absolute atomic E-state index is 0.397. The van der Waals surface area contributed by atoms with E-state index in [-0.39, 0.29) is 0 Å². The number of hydrogen-bond acceptors (Lipinski definition) is 15. The molecule has 12 aromatic rings. The Labute approximate surface area is 569 Å². The molecular formula is C75H68Cl2N14O6. The number of para-hydroxylation sites is 1. The maximum absolute atomic E-state index is 11.2. The van der Waals surface area contributed by atoms with E-state index in [9.17, 15) is 15.3 Å². The molecule has 3 N–H and O–H groups in total. The van der Waals surface area contributed by atoms with Gasteiger partial charge in [-0.25, -0.2) is 24.9 Å². The number of aromatic nitrogens is 10. The Bertz CT molecular complexity index is 4980. The highest BCUT2D eigenvalue weighted by molar-refractivity contribution is 6.38. The third kappa shape index (κ3) is 12.2. The normalized spacial score (nSPS) is 21.8. The van der Waals surface area contributed by atoms with E-state index in [1.807, 2.05) is 99.4 Å². The highest BCUT2D eigenvalue weighted by atomic mass is 35.5. The Morgan fingerprint density at radius 3 is 1.52 bits per heavy atom. The SMILES string of the molecule is COC1(c2ccc(C#N)cc2)CCCn2cncc21.C[C@H]1CCn2cncc2[C@H]1c1ccc(C#N)cc1.N#Cc1ccc(C2(O)CCCn3cncc32)cc1.N#Cc1cccc2c(C3(O)CCCn4cncc43)coc12.OC1(c2coc3c(Cl)cc(Cl)cc23)CCCn2cncc21. The van der Waals surface area contributed by atoms with Gasteiger partial charge in [-0.2, -0.15) is 21.0 Å². The van der Waals surface area contributed by atoms with Crippen molar-refractivity contribution in [3.8, 4) is 24.3 Å². The summed E-state index contributed by atoms with van der Waals surface area (Å²) in [7, 11) is 1.74. The lowest BCUT2D eigenvalue weighted by molar-refractivity contribution is -0.00381. The summed E-state index contributed by atoms with van der Waals surface area (Å²) in [6.07, 6.45) is 28.8. The van der Waals surface area contributed by atoms with Gasteiger partial charge in [-0.1, -0.05) is 78.7 Å². The van der Waals surface area contributed by atoms with E-state index in [1.54, 1.807) is 87.5 Å². The van der Waals surface area contributed by atoms with Gasteiger partial charge in [0.1, 0.15) is 28.5 Å². The summed E-state index contributed by atoms with van der Waals surface area (Å²) in [5.41, 5.74) is 9.19. The Balaban J connectivity index is 0.000000110. The van der Waals surface area contributed by atoms with Gasteiger partial charge in [0.2, 0.25) is 0 Å². The van der Waals surface area contributed by atoms with Crippen LogP contribution in [0.15, 0.2) is 187 Å². The summed E-state index contributed by atoms with van der Waals surface area (Å²) >= 11 is 12.3. The number of fused-ring (bicyclic) bond motifs is 7. The van der Waals surface area contributed by atoms with E-state index in [2.05, 4.69) is 77.4 Å². The molecule has 0 bridgehead atoms. The molecule has 5 aromatic carbocycles. The molecule has 0 saturated carbocycles. The molecule has 0 fully saturated rings. The van der Waals surface area contributed by atoms with Crippen LogP contribution < -0.4 is 0 Å². The maximum atomic E-state index is 11.2. The van der Waals surface area contributed by atoms with Crippen LogP contribution in [0.4, 0.5) is 0 Å². The molecule has 0 spiro atoms. The molecule has 4 unspecified atom stereocenters. The third-order valence-electron chi connectivity index (χ3n) is 19.7. The maximum Gasteiger partial charge on any atom is 0.152 e. The van der Waals surface area contributed by atoms with Crippen molar-refractivity contribution in [1.82, 2.24) is 47.8 Å². The van der Waals surface area contributed by atoms with Gasteiger partial charge in [0.25, 0.3) is 0 Å². The molecule has 0 radical (unpaired) electrons. The first-order chi connectivity index (χ1) is 47.2. The fraction of sp³-hybridized carbons (Fsp3) is 0.293. The number of imidazole rings is 5. The van der Waals surface area contributed by atoms with Crippen LogP contribution in [-0.4, -0.2) is 70.2 Å². The molecule has 5 aliphatic rings. The number of aliphatic hydroxyl groups is 3. The fourth-order valence-corrected chi connectivity index (χ4v) is 15.2. The summed E-state index contributed by atoms with van der Waals surface area (Å²) in [5.74, 6) is 1.01. The number of aryl methyl sites for hydroxylation is 5. The minimum atomic E-state index is -1.13. The van der Waals surface area contributed by atoms with Gasteiger partial charge in [-0.3, -0.25) is 0 Å². The first-order valence-corrected chi connectivity index (χ1v) is 33.0. The summed E-state index contributed by atoms with van der Waals surface area (Å²) < 4.78 is 27.3. The number of benzene rings is 5. The Hall–Kier alpha value is -10.4. The van der Waals surface area contributed by atoms with Crippen molar-refractivity contribution in [2.45, 2.75) is 126 Å². The number of nitriles is 4. The summed E-state index contributed by atoms with van der Waals surface area (Å²) in [6, 6.07) is 40.0. The van der Waals surface area contributed by atoms with Gasteiger partial charge in [-0.15, -0.1) is 0 Å². The average Bonchev–Trinajstić information content (AvgIpc) is 1.55. The second-order valence-electron chi connectivity index (χ2n) is 25.1. The van der Waals surface area contributed by atoms with Crippen molar-refractivity contribution in [2.75, 3.05) is 7.11 Å². The number of methoxy groups -OCH3 is 1. The number of nitrogens with zero attached hydrogens (tertiary/aromatic N) is 14. The van der Waals surface area contributed by atoms with E-state index in [1.165, 1.54) is 17.7 Å². The smallest absolute Gasteiger partial charge is 0.152 e. The lowest BCUT2D eigenvalue weighted by Crippen LogP contribution is -2.36. The highest BCUT2D eigenvalue weighted by Crippen LogP contribution is 2.46. The predicted octanol–water partition coefficient (Wildman–Crippen LogP) is 13.6. The minimum Gasteiger partial charge on any atom is -0.463 e. The molecule has 6 atom stereocenters. The zero-order chi connectivity index (χ0) is 67.5. The Kier molecular flexibility index (Phi) is 18.4. The van der Waals surface area contributed by atoms with Crippen molar-refractivity contribution in [2.24, 2.45) is 5.92 Å². The summed E-state index contributed by atoms with van der Waals surface area (Å²) in [4.78, 5) is 20.9. The van der Waals surface area contributed by atoms with Gasteiger partial charge in [0, 0.05) is 84.6 Å². The van der Waals surface area contributed by atoms with Crippen LogP contribution in [0.2, 0.25) is 10.0 Å². The largest absolute Gasteiger partial charge is 0.463 e. The van der Waals surface area contributed by atoms with Gasteiger partial charge in [-0.05, 0) is 135 Å². The van der Waals surface area contributed by atoms with Crippen LogP contribution in [0.25, 0.3) is 21.9 Å². The molecule has 0 saturated heterocycles. The van der Waals surface area contributed by atoms with Crippen LogP contribution in [0.3, 0.4) is 0 Å². The molecule has 22 heteroatoms. The summed E-state index contributed by atoms with van der Waals surface area (Å²) in [6.45, 7) is 6.94. The van der Waals surface area contributed by atoms with Crippen LogP contribution in [0.1, 0.15) is 149 Å². The van der Waals surface area contributed by atoms with Crippen molar-refractivity contribution < 1.29 is 28.9 Å². The van der Waals surface area contributed by atoms with E-state index in [4.69, 9.17) is 57.8 Å². The molecule has 0 amide bonds. The first-order valence-electron chi connectivity index (χ1n) is 32.2. The van der Waals surface area contributed by atoms with Crippen molar-refractivity contribution in [3.63, 3.8) is 0 Å². The first kappa shape index (κ1) is 65.3. The second-order valence-corrected chi connectivity index (χ2v) is 26.0. The number of halogens is 2. The van der Waals surface area contributed by atoms with E-state index < -0.39 is 22.4 Å². The van der Waals surface area contributed by atoms with Crippen LogP contribution in [0, 0.1) is 51.2 Å². The van der Waals surface area contributed by atoms with Crippen molar-refractivity contribution >= 4 is 45.1 Å². The molecule has 488 valence electrons. The molecular weight excluding hydrogens is 1260 g/mol. The van der Waals surface area contributed by atoms with Gasteiger partial charge in [0.15, 0.2) is 11.2 Å². The lowest BCUT2D eigenvalue weighted by atomic mass is 9.80. The topological polar surface area (TPSA) is 280 Å². The zero-order valence-electron chi connectivity index (χ0n) is 53.4. The Morgan fingerprint density at radius 2 is 0.969 bits per heavy atom. The van der Waals surface area contributed by atoms with Crippen LogP contribution >= 0.6 is 23.2 Å². The molecule has 12 heterocycles. The fourth-order valence-electron chi connectivity index (χ4n) is 14.7. The number of hydrogen-bond donors (Lipinski definition) is 3. The highest BCUT2D eigenvalue weighted by Gasteiger charge is 2.43. The van der Waals surface area contributed by atoms with Crippen LogP contribution in [-0.2, 0) is 59.9 Å². The quantitative estimate of drug-likeness (QED) is 0.140. The van der Waals surface area contributed by atoms with E-state index in [0.29, 0.717) is 80.1 Å². The molecule has 7 aromatic heterocycles. The Morgan fingerprint density at radius 1 is 0.505 bits per heavy atom. The average molecular weight is 1330 g/mol. The van der Waals surface area contributed by atoms with Crippen molar-refractivity contribution in [3.05, 3.63) is 267 Å². The van der Waals surface area contributed by atoms with E-state index >= 15 is 0 Å². The molecule has 97 heavy (non-hydrogen) atoms. The molecule has 5 aliphatic heterocycles. The number of ether oxygens (including phenoxy) is 1. The zero-order valence-corrected chi connectivity index (χ0v) is 54.9. The number of rotatable bonds is 6. The monoisotopic (exact) mass is 1330 g/mol. The second kappa shape index (κ2) is 27.4. The molecule has 20 nitrogen and oxygen atoms in total. The predicted molar refractivity (Wildman–Crippen MR) is 361 cm³/mol. The van der Waals surface area contributed by atoms with Crippen LogP contribution in [0.5, 0.6) is 0 Å². The van der Waals surface area contributed by atoms with Gasteiger partial charge >= 0.3 is 0 Å². The lowest BCUT2D eigenvalue weighted by Gasteiger charge is -2.37.